The van der Waals surface area contributed by atoms with Crippen molar-refractivity contribution < 1.29 is 24.1 Å². The summed E-state index contributed by atoms with van der Waals surface area (Å²) in [6.45, 7) is 1.86. The molecular weight excluding hydrogens is 424 g/mol. The molecule has 1 aliphatic heterocycles. The van der Waals surface area contributed by atoms with Crippen molar-refractivity contribution in [1.29, 1.82) is 0 Å². The Bertz CT molecular complexity index is 959. The summed E-state index contributed by atoms with van der Waals surface area (Å²) in [6, 6.07) is 1.72. The van der Waals surface area contributed by atoms with Crippen molar-refractivity contribution in [1.82, 2.24) is 14.5 Å². The van der Waals surface area contributed by atoms with Gasteiger partial charge in [0.05, 0.1) is 18.6 Å². The molecule has 1 saturated heterocycles. The minimum absolute atomic E-state index is 0.0105. The first-order chi connectivity index (χ1) is 14.9. The van der Waals surface area contributed by atoms with E-state index in [-0.39, 0.29) is 24.1 Å². The van der Waals surface area contributed by atoms with Crippen molar-refractivity contribution >= 4 is 34.6 Å². The molecule has 0 unspecified atom stereocenters. The molecular formula is C21H27ClN4O5. The third-order valence-corrected chi connectivity index (χ3v) is 5.52. The van der Waals surface area contributed by atoms with Gasteiger partial charge >= 0.3 is 6.16 Å². The number of terminal acetylenes is 1. The SMILES string of the molecule is C#C[C@]1(CO)O[C@@H](n2ccc3c(N)nc(Cl)nc32)C[C@@H]1OC(=O)OCCCCCCC. The number of rotatable bonds is 9. The van der Waals surface area contributed by atoms with E-state index in [0.29, 0.717) is 11.0 Å². The second kappa shape index (κ2) is 10.2. The van der Waals surface area contributed by atoms with Crippen LogP contribution in [0.25, 0.3) is 11.0 Å². The van der Waals surface area contributed by atoms with Gasteiger partial charge in [-0.25, -0.2) is 9.78 Å². The number of aliphatic hydroxyl groups excluding tert-OH is 1. The summed E-state index contributed by atoms with van der Waals surface area (Å²) in [5.74, 6) is 2.66. The van der Waals surface area contributed by atoms with Gasteiger partial charge in [0.25, 0.3) is 0 Å². The van der Waals surface area contributed by atoms with Crippen LogP contribution in [0.4, 0.5) is 10.6 Å². The van der Waals surface area contributed by atoms with E-state index in [4.69, 9.17) is 38.0 Å². The molecule has 3 rings (SSSR count). The molecule has 3 heterocycles. The van der Waals surface area contributed by atoms with Gasteiger partial charge in [-0.15, -0.1) is 6.42 Å². The molecule has 3 atom stereocenters. The maximum atomic E-state index is 12.2. The van der Waals surface area contributed by atoms with Gasteiger partial charge in [-0.3, -0.25) is 0 Å². The topological polar surface area (TPSA) is 122 Å². The summed E-state index contributed by atoms with van der Waals surface area (Å²) >= 11 is 5.94. The van der Waals surface area contributed by atoms with Gasteiger partial charge in [-0.1, -0.05) is 38.5 Å². The van der Waals surface area contributed by atoms with Crippen LogP contribution in [0.2, 0.25) is 5.28 Å². The highest BCUT2D eigenvalue weighted by atomic mass is 35.5. The third kappa shape index (κ3) is 5.03. The van der Waals surface area contributed by atoms with E-state index in [0.717, 1.165) is 32.1 Å². The number of unbranched alkanes of at least 4 members (excludes halogenated alkanes) is 4. The molecule has 0 saturated carbocycles. The maximum Gasteiger partial charge on any atom is 0.508 e. The van der Waals surface area contributed by atoms with E-state index >= 15 is 0 Å². The predicted octanol–water partition coefficient (Wildman–Crippen LogP) is 3.44. The molecule has 0 aliphatic carbocycles. The monoisotopic (exact) mass is 450 g/mol. The average Bonchev–Trinajstić information content (AvgIpc) is 3.32. The molecule has 0 radical (unpaired) electrons. The first-order valence-corrected chi connectivity index (χ1v) is 10.7. The summed E-state index contributed by atoms with van der Waals surface area (Å²) in [4.78, 5) is 20.3. The first kappa shape index (κ1) is 23.1. The van der Waals surface area contributed by atoms with Gasteiger partial charge in [0.15, 0.2) is 11.7 Å². The van der Waals surface area contributed by atoms with Crippen molar-refractivity contribution in [2.75, 3.05) is 18.9 Å². The van der Waals surface area contributed by atoms with Crippen LogP contribution in [0.5, 0.6) is 0 Å². The van der Waals surface area contributed by atoms with E-state index in [1.165, 1.54) is 0 Å². The van der Waals surface area contributed by atoms with Crippen molar-refractivity contribution in [3.63, 3.8) is 0 Å². The van der Waals surface area contributed by atoms with Gasteiger partial charge in [-0.05, 0) is 24.1 Å². The summed E-state index contributed by atoms with van der Waals surface area (Å²) in [5.41, 5.74) is 4.84. The normalized spacial score (nSPS) is 23.0. The molecule has 2 aromatic rings. The van der Waals surface area contributed by atoms with E-state index < -0.39 is 30.7 Å². The Kier molecular flexibility index (Phi) is 7.59. The van der Waals surface area contributed by atoms with Crippen molar-refractivity contribution in [2.24, 2.45) is 0 Å². The van der Waals surface area contributed by atoms with Gasteiger partial charge in [0.1, 0.15) is 17.7 Å². The molecule has 0 aromatic carbocycles. The lowest BCUT2D eigenvalue weighted by Crippen LogP contribution is -2.44. The summed E-state index contributed by atoms with van der Waals surface area (Å²) in [5, 5.41) is 10.5. The zero-order valence-electron chi connectivity index (χ0n) is 17.4. The molecule has 0 amide bonds. The zero-order valence-corrected chi connectivity index (χ0v) is 18.2. The minimum Gasteiger partial charge on any atom is -0.434 e. The molecule has 1 aliphatic rings. The number of nitrogens with two attached hydrogens (primary N) is 1. The lowest BCUT2D eigenvalue weighted by Gasteiger charge is -2.26. The van der Waals surface area contributed by atoms with Crippen molar-refractivity contribution in [2.45, 2.75) is 63.4 Å². The van der Waals surface area contributed by atoms with E-state index in [1.54, 1.807) is 16.8 Å². The number of fused-ring (bicyclic) bond motifs is 1. The number of nitrogens with zero attached hydrogens (tertiary/aromatic N) is 3. The molecule has 2 aromatic heterocycles. The Labute approximate surface area is 185 Å². The molecule has 3 N–H and O–H groups in total. The standard InChI is InChI=1S/C21H27ClN4O5/c1-3-5-6-7-8-11-29-20(28)30-15-12-16(31-21(15,4-2)13-27)26-10-9-14-17(23)24-19(22)25-18(14)26/h2,9-10,15-16,27H,3,5-8,11-13H2,1H3,(H2,23,24,25)/t15-,16+,21+/m0/s1. The van der Waals surface area contributed by atoms with Crippen LogP contribution in [0, 0.1) is 12.3 Å². The fourth-order valence-corrected chi connectivity index (χ4v) is 3.81. The highest BCUT2D eigenvalue weighted by molar-refractivity contribution is 6.28. The van der Waals surface area contributed by atoms with Crippen LogP contribution in [0.3, 0.4) is 0 Å². The Morgan fingerprint density at radius 3 is 2.94 bits per heavy atom. The number of anilines is 1. The number of hydrogen-bond donors (Lipinski definition) is 2. The predicted molar refractivity (Wildman–Crippen MR) is 115 cm³/mol. The van der Waals surface area contributed by atoms with Gasteiger partial charge < -0.3 is 29.6 Å². The Morgan fingerprint density at radius 1 is 1.45 bits per heavy atom. The Morgan fingerprint density at radius 2 is 2.23 bits per heavy atom. The fraction of sp³-hybridized carbons (Fsp3) is 0.571. The first-order valence-electron chi connectivity index (χ1n) is 10.3. The largest absolute Gasteiger partial charge is 0.508 e. The quantitative estimate of drug-likeness (QED) is 0.258. The van der Waals surface area contributed by atoms with E-state index in [9.17, 15) is 9.90 Å². The van der Waals surface area contributed by atoms with Crippen LogP contribution in [0.15, 0.2) is 12.3 Å². The molecule has 31 heavy (non-hydrogen) atoms. The van der Waals surface area contributed by atoms with Gasteiger partial charge in [0.2, 0.25) is 5.28 Å². The van der Waals surface area contributed by atoms with E-state index in [2.05, 4.69) is 22.8 Å². The lowest BCUT2D eigenvalue weighted by atomic mass is 9.99. The number of carbonyl (C=O) groups excluding carboxylic acids is 1. The number of hydrogen-bond acceptors (Lipinski definition) is 8. The minimum atomic E-state index is -1.51. The van der Waals surface area contributed by atoms with Crippen molar-refractivity contribution in [3.05, 3.63) is 17.5 Å². The van der Waals surface area contributed by atoms with E-state index in [1.807, 2.05) is 0 Å². The number of aliphatic hydroxyl groups is 1. The fourth-order valence-electron chi connectivity index (χ4n) is 3.64. The molecule has 168 valence electrons. The number of ether oxygens (including phenoxy) is 3. The molecule has 1 fully saturated rings. The molecule has 0 spiro atoms. The number of nitrogen functional groups attached to an aromatic ring is 1. The third-order valence-electron chi connectivity index (χ3n) is 5.35. The second-order valence-corrected chi connectivity index (χ2v) is 7.80. The number of halogens is 1. The second-order valence-electron chi connectivity index (χ2n) is 7.46. The smallest absolute Gasteiger partial charge is 0.434 e. The lowest BCUT2D eigenvalue weighted by molar-refractivity contribution is -0.0975. The van der Waals surface area contributed by atoms with Crippen LogP contribution in [-0.2, 0) is 14.2 Å². The maximum absolute atomic E-state index is 12.2. The summed E-state index contributed by atoms with van der Waals surface area (Å²) in [6.07, 6.45) is 10.2. The van der Waals surface area contributed by atoms with Crippen molar-refractivity contribution in [3.8, 4) is 12.3 Å². The van der Waals surface area contributed by atoms with Crippen LogP contribution < -0.4 is 5.73 Å². The Hall–Kier alpha value is -2.54. The highest BCUT2D eigenvalue weighted by Gasteiger charge is 2.51. The highest BCUT2D eigenvalue weighted by Crippen LogP contribution is 2.40. The molecule has 0 bridgehead atoms. The summed E-state index contributed by atoms with van der Waals surface area (Å²) in [7, 11) is 0. The molecule has 9 nitrogen and oxygen atoms in total. The number of carbonyl (C=O) groups is 1. The van der Waals surface area contributed by atoms with Crippen LogP contribution in [-0.4, -0.2) is 50.7 Å². The Balaban J connectivity index is 1.69. The number of aromatic nitrogens is 3. The van der Waals surface area contributed by atoms with Crippen LogP contribution in [0.1, 0.15) is 51.7 Å². The van der Waals surface area contributed by atoms with Crippen LogP contribution >= 0.6 is 11.6 Å². The zero-order chi connectivity index (χ0) is 22.4. The van der Waals surface area contributed by atoms with Gasteiger partial charge in [-0.2, -0.15) is 4.98 Å². The average molecular weight is 451 g/mol. The summed E-state index contributed by atoms with van der Waals surface area (Å²) < 4.78 is 18.2. The molecule has 10 heteroatoms. The van der Waals surface area contributed by atoms with Gasteiger partial charge in [0, 0.05) is 12.6 Å².